The van der Waals surface area contributed by atoms with E-state index < -0.39 is 5.91 Å². The van der Waals surface area contributed by atoms with E-state index in [1.165, 1.54) is 6.26 Å². The molecule has 0 aliphatic heterocycles. The molecule has 1 aromatic carbocycles. The van der Waals surface area contributed by atoms with E-state index in [-0.39, 0.29) is 0 Å². The number of amides is 1. The average Bonchev–Trinajstić information content (AvgIpc) is 2.78. The van der Waals surface area contributed by atoms with Crippen molar-refractivity contribution >= 4 is 17.7 Å². The lowest BCUT2D eigenvalue weighted by molar-refractivity contribution is 0.1000. The second-order valence-electron chi connectivity index (χ2n) is 3.17. The minimum atomic E-state index is -0.537. The van der Waals surface area contributed by atoms with E-state index in [0.717, 1.165) is 10.5 Å². The van der Waals surface area contributed by atoms with Gasteiger partial charge < -0.3 is 10.3 Å². The molecular formula is C11H10N2O2S. The Morgan fingerprint density at radius 2 is 2.06 bits per heavy atom. The highest BCUT2D eigenvalue weighted by atomic mass is 32.2. The van der Waals surface area contributed by atoms with E-state index >= 15 is 0 Å². The first-order chi connectivity index (χ1) is 7.72. The van der Waals surface area contributed by atoms with Crippen molar-refractivity contribution in [3.63, 3.8) is 0 Å². The van der Waals surface area contributed by atoms with Gasteiger partial charge in [0.1, 0.15) is 17.5 Å². The number of carbonyl (C=O) groups excluding carboxylic acids is 1. The zero-order valence-electron chi connectivity index (χ0n) is 8.64. The smallest absolute Gasteiger partial charge is 0.254 e. The summed E-state index contributed by atoms with van der Waals surface area (Å²) in [6.07, 6.45) is 3.26. The number of aromatic nitrogens is 1. The topological polar surface area (TPSA) is 69.1 Å². The first kappa shape index (κ1) is 10.8. The number of benzene rings is 1. The second kappa shape index (κ2) is 4.40. The molecule has 0 radical (unpaired) electrons. The molecule has 5 heteroatoms. The maximum absolute atomic E-state index is 11.1. The Labute approximate surface area is 96.8 Å². The van der Waals surface area contributed by atoms with E-state index in [4.69, 9.17) is 10.3 Å². The molecule has 2 rings (SSSR count). The Kier molecular flexibility index (Phi) is 2.96. The fourth-order valence-electron chi connectivity index (χ4n) is 1.37. The fraction of sp³-hybridized carbons (Fsp3) is 0.0909. The molecule has 0 spiro atoms. The number of carbonyl (C=O) groups is 1. The standard InChI is InChI=1S/C11H10N2O2S/c1-16-8-4-2-7(3-5-8)10-9(11(12)14)6-15-13-10/h2-6H,1H3,(H2,12,14). The number of thioether (sulfide) groups is 1. The molecule has 1 amide bonds. The summed E-state index contributed by atoms with van der Waals surface area (Å²) < 4.78 is 4.76. The van der Waals surface area contributed by atoms with Crippen LogP contribution in [0.3, 0.4) is 0 Å². The molecule has 2 N–H and O–H groups in total. The summed E-state index contributed by atoms with van der Waals surface area (Å²) in [6, 6.07) is 7.69. The van der Waals surface area contributed by atoms with Crippen LogP contribution in [0.15, 0.2) is 39.9 Å². The molecular weight excluding hydrogens is 224 g/mol. The summed E-state index contributed by atoms with van der Waals surface area (Å²) in [5, 5.41) is 3.78. The van der Waals surface area contributed by atoms with Gasteiger partial charge in [-0.15, -0.1) is 11.8 Å². The van der Waals surface area contributed by atoms with Crippen molar-refractivity contribution in [1.82, 2.24) is 5.16 Å². The molecule has 4 nitrogen and oxygen atoms in total. The third kappa shape index (κ3) is 1.94. The monoisotopic (exact) mass is 234 g/mol. The van der Waals surface area contributed by atoms with Gasteiger partial charge in [0.15, 0.2) is 0 Å². The summed E-state index contributed by atoms with van der Waals surface area (Å²) in [6.45, 7) is 0. The Morgan fingerprint density at radius 1 is 1.38 bits per heavy atom. The van der Waals surface area contributed by atoms with Gasteiger partial charge in [-0.3, -0.25) is 4.79 Å². The summed E-state index contributed by atoms with van der Waals surface area (Å²) >= 11 is 1.65. The number of nitrogens with zero attached hydrogens (tertiary/aromatic N) is 1. The molecule has 0 fully saturated rings. The average molecular weight is 234 g/mol. The van der Waals surface area contributed by atoms with E-state index in [9.17, 15) is 4.79 Å². The van der Waals surface area contributed by atoms with E-state index in [1.807, 2.05) is 30.5 Å². The van der Waals surface area contributed by atoms with Crippen LogP contribution in [-0.4, -0.2) is 17.3 Å². The van der Waals surface area contributed by atoms with Crippen LogP contribution in [0.5, 0.6) is 0 Å². The van der Waals surface area contributed by atoms with Crippen molar-refractivity contribution in [3.8, 4) is 11.3 Å². The minimum Gasteiger partial charge on any atom is -0.365 e. The lowest BCUT2D eigenvalue weighted by atomic mass is 10.1. The Morgan fingerprint density at radius 3 is 2.62 bits per heavy atom. The quantitative estimate of drug-likeness (QED) is 0.826. The van der Waals surface area contributed by atoms with E-state index in [0.29, 0.717) is 11.3 Å². The van der Waals surface area contributed by atoms with Crippen LogP contribution < -0.4 is 5.73 Å². The number of nitrogens with two attached hydrogens (primary N) is 1. The number of hydrogen-bond acceptors (Lipinski definition) is 4. The largest absolute Gasteiger partial charge is 0.365 e. The Balaban J connectivity index is 2.42. The first-order valence-electron chi connectivity index (χ1n) is 4.61. The van der Waals surface area contributed by atoms with Crippen molar-refractivity contribution < 1.29 is 9.32 Å². The third-order valence-corrected chi connectivity index (χ3v) is 2.94. The zero-order chi connectivity index (χ0) is 11.5. The van der Waals surface area contributed by atoms with Gasteiger partial charge in [0.05, 0.1) is 0 Å². The maximum atomic E-state index is 11.1. The zero-order valence-corrected chi connectivity index (χ0v) is 9.45. The van der Waals surface area contributed by atoms with Gasteiger partial charge in [0, 0.05) is 10.5 Å². The number of hydrogen-bond donors (Lipinski definition) is 1. The van der Waals surface area contributed by atoms with Crippen molar-refractivity contribution in [3.05, 3.63) is 36.1 Å². The fourth-order valence-corrected chi connectivity index (χ4v) is 1.78. The highest BCUT2D eigenvalue weighted by Gasteiger charge is 2.14. The van der Waals surface area contributed by atoms with Crippen molar-refractivity contribution in [2.45, 2.75) is 4.90 Å². The summed E-state index contributed by atoms with van der Waals surface area (Å²) in [4.78, 5) is 12.2. The van der Waals surface area contributed by atoms with Crippen LogP contribution in [0, 0.1) is 0 Å². The molecule has 1 heterocycles. The lowest BCUT2D eigenvalue weighted by Gasteiger charge is -1.99. The molecule has 0 aliphatic carbocycles. The first-order valence-corrected chi connectivity index (χ1v) is 5.83. The van der Waals surface area contributed by atoms with Gasteiger partial charge in [-0.25, -0.2) is 0 Å². The predicted molar refractivity (Wildman–Crippen MR) is 62.2 cm³/mol. The Hall–Kier alpha value is -1.75. The normalized spacial score (nSPS) is 10.3. The SMILES string of the molecule is CSc1ccc(-c2nocc2C(N)=O)cc1. The molecule has 1 aromatic heterocycles. The van der Waals surface area contributed by atoms with Gasteiger partial charge in [-0.2, -0.15) is 0 Å². The summed E-state index contributed by atoms with van der Waals surface area (Å²) in [5.41, 5.74) is 6.82. The number of rotatable bonds is 3. The van der Waals surface area contributed by atoms with Gasteiger partial charge >= 0.3 is 0 Å². The highest BCUT2D eigenvalue weighted by molar-refractivity contribution is 7.98. The minimum absolute atomic E-state index is 0.303. The molecule has 82 valence electrons. The molecule has 0 saturated carbocycles. The van der Waals surface area contributed by atoms with Crippen molar-refractivity contribution in [1.29, 1.82) is 0 Å². The summed E-state index contributed by atoms with van der Waals surface area (Å²) in [5.74, 6) is -0.537. The van der Waals surface area contributed by atoms with Crippen LogP contribution in [0.25, 0.3) is 11.3 Å². The van der Waals surface area contributed by atoms with Gasteiger partial charge in [0.2, 0.25) is 0 Å². The highest BCUT2D eigenvalue weighted by Crippen LogP contribution is 2.24. The van der Waals surface area contributed by atoms with Gasteiger partial charge in [-0.1, -0.05) is 17.3 Å². The molecule has 2 aromatic rings. The summed E-state index contributed by atoms with van der Waals surface area (Å²) in [7, 11) is 0. The van der Waals surface area contributed by atoms with Crippen molar-refractivity contribution in [2.75, 3.05) is 6.26 Å². The molecule has 0 bridgehead atoms. The van der Waals surface area contributed by atoms with Crippen LogP contribution in [0.4, 0.5) is 0 Å². The van der Waals surface area contributed by atoms with Crippen LogP contribution in [0.2, 0.25) is 0 Å². The Bertz CT molecular complexity index is 505. The van der Waals surface area contributed by atoms with Crippen LogP contribution >= 0.6 is 11.8 Å². The van der Waals surface area contributed by atoms with Crippen LogP contribution in [-0.2, 0) is 0 Å². The molecule has 16 heavy (non-hydrogen) atoms. The van der Waals surface area contributed by atoms with E-state index in [2.05, 4.69) is 5.16 Å². The third-order valence-electron chi connectivity index (χ3n) is 2.20. The van der Waals surface area contributed by atoms with Crippen molar-refractivity contribution in [2.24, 2.45) is 5.73 Å². The lowest BCUT2D eigenvalue weighted by Crippen LogP contribution is -2.10. The molecule has 0 saturated heterocycles. The van der Waals surface area contributed by atoms with Gasteiger partial charge in [0.25, 0.3) is 5.91 Å². The van der Waals surface area contributed by atoms with Gasteiger partial charge in [-0.05, 0) is 18.4 Å². The van der Waals surface area contributed by atoms with E-state index in [1.54, 1.807) is 11.8 Å². The maximum Gasteiger partial charge on any atom is 0.254 e. The second-order valence-corrected chi connectivity index (χ2v) is 4.05. The molecule has 0 unspecified atom stereocenters. The number of primary amides is 1. The molecule has 0 aliphatic rings. The van der Waals surface area contributed by atoms with Crippen LogP contribution in [0.1, 0.15) is 10.4 Å². The molecule has 0 atom stereocenters. The predicted octanol–water partition coefficient (Wildman–Crippen LogP) is 2.16.